The summed E-state index contributed by atoms with van der Waals surface area (Å²) >= 11 is 11.8. The third kappa shape index (κ3) is 3.83. The number of nitrogens with one attached hydrogen (secondary N) is 1. The van der Waals surface area contributed by atoms with E-state index in [4.69, 9.17) is 27.9 Å². The molecule has 1 saturated heterocycles. The van der Waals surface area contributed by atoms with Gasteiger partial charge in [0.1, 0.15) is 0 Å². The Morgan fingerprint density at radius 2 is 1.52 bits per heavy atom. The lowest BCUT2D eigenvalue weighted by molar-refractivity contribution is -0.260. The maximum absolute atomic E-state index is 14.4. The van der Waals surface area contributed by atoms with Crippen LogP contribution in [0.2, 0.25) is 10.0 Å². The monoisotopic (exact) mass is 467 g/mol. The molecule has 29 heavy (non-hydrogen) atoms. The highest BCUT2D eigenvalue weighted by atomic mass is 35.5. The second-order valence-electron chi connectivity index (χ2n) is 7.07. The molecular formula is C20H16Cl3F4NO. The Morgan fingerprint density at radius 3 is 2.00 bits per heavy atom. The van der Waals surface area contributed by atoms with E-state index in [0.717, 1.165) is 6.26 Å². The normalized spacial score (nSPS) is 22.9. The van der Waals surface area contributed by atoms with Crippen LogP contribution in [0.15, 0.2) is 48.7 Å². The molecule has 2 aromatic rings. The van der Waals surface area contributed by atoms with Crippen LogP contribution in [-0.2, 0) is 16.0 Å². The van der Waals surface area contributed by atoms with Gasteiger partial charge in [-0.05, 0) is 34.9 Å². The zero-order valence-electron chi connectivity index (χ0n) is 14.8. The molecule has 1 atom stereocenters. The van der Waals surface area contributed by atoms with E-state index in [9.17, 15) is 17.6 Å². The third-order valence-electron chi connectivity index (χ3n) is 5.21. The van der Waals surface area contributed by atoms with Crippen molar-refractivity contribution in [3.63, 3.8) is 0 Å². The van der Waals surface area contributed by atoms with Gasteiger partial charge in [0.05, 0.1) is 6.26 Å². The lowest BCUT2D eigenvalue weighted by Gasteiger charge is -2.35. The molecule has 0 amide bonds. The maximum atomic E-state index is 14.4. The first kappa shape index (κ1) is 22.2. The van der Waals surface area contributed by atoms with Crippen molar-refractivity contribution in [1.29, 1.82) is 0 Å². The Bertz CT molecular complexity index is 921. The fourth-order valence-corrected chi connectivity index (χ4v) is 4.04. The Kier molecular flexibility index (Phi) is 5.86. The van der Waals surface area contributed by atoms with Crippen LogP contribution in [-0.4, -0.2) is 19.3 Å². The number of hydrogen-bond acceptors (Lipinski definition) is 2. The molecule has 2 aliphatic rings. The standard InChI is InChI=1S/C20H15Cl2F4NO.ClH/c21-16-5-15(6-17(22)7-16)19(20(24,25)26)8-13(9-28-19)12-1-3-14(4-2-12)18(23)10-27-11-18;/h1-7,9,27H,8,10-11H2;1H. The molecular weight excluding hydrogens is 453 g/mol. The molecule has 0 spiro atoms. The summed E-state index contributed by atoms with van der Waals surface area (Å²) in [5, 5.41) is 3.06. The van der Waals surface area contributed by atoms with Gasteiger partial charge in [0.2, 0.25) is 5.60 Å². The average Bonchev–Trinajstić information content (AvgIpc) is 3.06. The van der Waals surface area contributed by atoms with Gasteiger partial charge in [-0.25, -0.2) is 4.39 Å². The highest BCUT2D eigenvalue weighted by Crippen LogP contribution is 2.52. The smallest absolute Gasteiger partial charge is 0.432 e. The van der Waals surface area contributed by atoms with E-state index in [1.165, 1.54) is 18.2 Å². The van der Waals surface area contributed by atoms with Gasteiger partial charge in [0, 0.05) is 35.1 Å². The maximum Gasteiger partial charge on any atom is 0.432 e. The molecule has 0 bridgehead atoms. The summed E-state index contributed by atoms with van der Waals surface area (Å²) in [7, 11) is 0. The van der Waals surface area contributed by atoms with Crippen molar-refractivity contribution in [2.75, 3.05) is 13.1 Å². The van der Waals surface area contributed by atoms with Crippen LogP contribution < -0.4 is 5.32 Å². The minimum absolute atomic E-state index is 0. The van der Waals surface area contributed by atoms with Crippen LogP contribution in [0.5, 0.6) is 0 Å². The molecule has 1 unspecified atom stereocenters. The summed E-state index contributed by atoms with van der Waals surface area (Å²) in [6.45, 7) is 0.454. The topological polar surface area (TPSA) is 21.3 Å². The van der Waals surface area contributed by atoms with Crippen molar-refractivity contribution < 1.29 is 22.3 Å². The minimum Gasteiger partial charge on any atom is -0.480 e. The summed E-state index contributed by atoms with van der Waals surface area (Å²) in [4.78, 5) is 0. The molecule has 0 radical (unpaired) electrons. The SMILES string of the molecule is Cl.FC1(c2ccc(C3=COC(c4cc(Cl)cc(Cl)c4)(C(F)(F)F)C3)cc2)CNC1. The van der Waals surface area contributed by atoms with E-state index in [-0.39, 0.29) is 41.1 Å². The Balaban J connectivity index is 0.00000240. The van der Waals surface area contributed by atoms with E-state index < -0.39 is 23.9 Å². The summed E-state index contributed by atoms with van der Waals surface area (Å²) < 4.78 is 61.7. The zero-order chi connectivity index (χ0) is 20.2. The number of alkyl halides is 4. The molecule has 2 nitrogen and oxygen atoms in total. The predicted octanol–water partition coefficient (Wildman–Crippen LogP) is 6.40. The summed E-state index contributed by atoms with van der Waals surface area (Å²) in [5.74, 6) is 0. The lowest BCUT2D eigenvalue weighted by atomic mass is 9.85. The molecule has 9 heteroatoms. The van der Waals surface area contributed by atoms with E-state index in [1.54, 1.807) is 24.3 Å². The molecule has 1 N–H and O–H groups in total. The van der Waals surface area contributed by atoms with Crippen molar-refractivity contribution in [3.05, 3.63) is 75.5 Å². The fraction of sp³-hybridized carbons (Fsp3) is 0.300. The van der Waals surface area contributed by atoms with Crippen LogP contribution in [0, 0.1) is 0 Å². The predicted molar refractivity (Wildman–Crippen MR) is 107 cm³/mol. The summed E-state index contributed by atoms with van der Waals surface area (Å²) in [5.41, 5.74) is -2.76. The first-order valence-corrected chi connectivity index (χ1v) is 9.29. The molecule has 0 aromatic heterocycles. The largest absolute Gasteiger partial charge is 0.480 e. The average molecular weight is 469 g/mol. The third-order valence-corrected chi connectivity index (χ3v) is 5.65. The van der Waals surface area contributed by atoms with Gasteiger partial charge in [0.15, 0.2) is 5.67 Å². The molecule has 0 aliphatic carbocycles. The van der Waals surface area contributed by atoms with Crippen LogP contribution in [0.25, 0.3) is 5.57 Å². The van der Waals surface area contributed by atoms with Gasteiger partial charge in [-0.15, -0.1) is 12.4 Å². The van der Waals surface area contributed by atoms with Gasteiger partial charge in [-0.2, -0.15) is 13.2 Å². The highest BCUT2D eigenvalue weighted by Gasteiger charge is 2.60. The molecule has 2 aromatic carbocycles. The van der Waals surface area contributed by atoms with Crippen molar-refractivity contribution in [1.82, 2.24) is 5.32 Å². The van der Waals surface area contributed by atoms with Crippen molar-refractivity contribution in [2.45, 2.75) is 23.9 Å². The van der Waals surface area contributed by atoms with Gasteiger partial charge < -0.3 is 10.1 Å². The van der Waals surface area contributed by atoms with Gasteiger partial charge in [-0.3, -0.25) is 0 Å². The number of hydrogen-bond donors (Lipinski definition) is 1. The van der Waals surface area contributed by atoms with Crippen LogP contribution in [0.4, 0.5) is 17.6 Å². The van der Waals surface area contributed by atoms with E-state index in [2.05, 4.69) is 5.32 Å². The summed E-state index contributed by atoms with van der Waals surface area (Å²) in [6, 6.07) is 10.2. The Morgan fingerprint density at radius 1 is 0.931 bits per heavy atom. The Hall–Kier alpha value is -1.47. The minimum atomic E-state index is -4.69. The first-order valence-electron chi connectivity index (χ1n) is 8.54. The van der Waals surface area contributed by atoms with Crippen LogP contribution >= 0.6 is 35.6 Å². The molecule has 4 rings (SSSR count). The van der Waals surface area contributed by atoms with Gasteiger partial charge in [0.25, 0.3) is 0 Å². The molecule has 156 valence electrons. The lowest BCUT2D eigenvalue weighted by Crippen LogP contribution is -2.53. The molecule has 2 aliphatic heterocycles. The van der Waals surface area contributed by atoms with E-state index in [1.807, 2.05) is 0 Å². The fourth-order valence-electron chi connectivity index (χ4n) is 3.51. The quantitative estimate of drug-likeness (QED) is 0.526. The molecule has 1 fully saturated rings. The van der Waals surface area contributed by atoms with Crippen LogP contribution in [0.1, 0.15) is 23.1 Å². The second kappa shape index (κ2) is 7.65. The number of rotatable bonds is 3. The van der Waals surface area contributed by atoms with E-state index >= 15 is 0 Å². The van der Waals surface area contributed by atoms with Gasteiger partial charge >= 0.3 is 6.18 Å². The zero-order valence-corrected chi connectivity index (χ0v) is 17.2. The molecule has 2 heterocycles. The molecule has 0 saturated carbocycles. The van der Waals surface area contributed by atoms with Crippen molar-refractivity contribution >= 4 is 41.2 Å². The first-order chi connectivity index (χ1) is 13.1. The number of benzene rings is 2. The van der Waals surface area contributed by atoms with E-state index in [0.29, 0.717) is 16.7 Å². The van der Waals surface area contributed by atoms with Crippen LogP contribution in [0.3, 0.4) is 0 Å². The number of ether oxygens (including phenoxy) is 1. The summed E-state index contributed by atoms with van der Waals surface area (Å²) in [6.07, 6.45) is -4.03. The van der Waals surface area contributed by atoms with Crippen molar-refractivity contribution in [2.24, 2.45) is 0 Å². The second-order valence-corrected chi connectivity index (χ2v) is 7.94. The Labute approximate surface area is 181 Å². The van der Waals surface area contributed by atoms with Crippen molar-refractivity contribution in [3.8, 4) is 0 Å². The number of halogens is 7. The van der Waals surface area contributed by atoms with Gasteiger partial charge in [-0.1, -0.05) is 47.5 Å². The highest BCUT2D eigenvalue weighted by molar-refractivity contribution is 6.34.